The van der Waals surface area contributed by atoms with Crippen LogP contribution in [0.5, 0.6) is 11.6 Å². The summed E-state index contributed by atoms with van der Waals surface area (Å²) < 4.78 is 6.44. The van der Waals surface area contributed by atoms with Crippen molar-refractivity contribution < 1.29 is 9.53 Å². The van der Waals surface area contributed by atoms with E-state index < -0.39 is 5.91 Å². The van der Waals surface area contributed by atoms with Crippen LogP contribution in [0.25, 0.3) is 0 Å². The Morgan fingerprint density at radius 2 is 2.11 bits per heavy atom. The van der Waals surface area contributed by atoms with E-state index in [4.69, 9.17) is 10.5 Å². The second-order valence-corrected chi connectivity index (χ2v) is 4.64. The van der Waals surface area contributed by atoms with Gasteiger partial charge in [-0.05, 0) is 46.6 Å². The minimum atomic E-state index is -0.509. The fourth-order valence-electron chi connectivity index (χ4n) is 1.39. The molecule has 0 aliphatic rings. The Bertz CT molecular complexity index is 582. The van der Waals surface area contributed by atoms with Crippen LogP contribution in [0.2, 0.25) is 0 Å². The van der Waals surface area contributed by atoms with E-state index in [9.17, 15) is 4.79 Å². The highest BCUT2D eigenvalue weighted by Crippen LogP contribution is 2.29. The highest BCUT2D eigenvalue weighted by molar-refractivity contribution is 9.10. The maximum atomic E-state index is 10.9. The number of nitrogens with two attached hydrogens (primary N) is 1. The van der Waals surface area contributed by atoms with Gasteiger partial charge in [-0.15, -0.1) is 0 Å². The first-order valence-electron chi connectivity index (χ1n) is 5.26. The number of pyridine rings is 1. The molecule has 5 heteroatoms. The molecule has 0 aliphatic carbocycles. The van der Waals surface area contributed by atoms with Crippen LogP contribution < -0.4 is 10.5 Å². The molecular weight excluding hydrogens is 296 g/mol. The van der Waals surface area contributed by atoms with Gasteiger partial charge in [0.05, 0.1) is 10.0 Å². The van der Waals surface area contributed by atoms with E-state index in [0.717, 1.165) is 10.0 Å². The third kappa shape index (κ3) is 2.87. The smallest absolute Gasteiger partial charge is 0.250 e. The Balaban J connectivity index is 2.21. The molecule has 1 heterocycles. The van der Waals surface area contributed by atoms with E-state index in [1.807, 2.05) is 25.1 Å². The predicted octanol–water partition coefficient (Wildman–Crippen LogP) is 3.04. The van der Waals surface area contributed by atoms with Crippen molar-refractivity contribution in [2.75, 3.05) is 0 Å². The molecule has 1 aromatic carbocycles. The summed E-state index contributed by atoms with van der Waals surface area (Å²) in [7, 11) is 0. The van der Waals surface area contributed by atoms with Gasteiger partial charge in [0, 0.05) is 12.3 Å². The average Bonchev–Trinajstić information content (AvgIpc) is 2.33. The van der Waals surface area contributed by atoms with Crippen molar-refractivity contribution in [2.24, 2.45) is 5.73 Å². The third-order valence-electron chi connectivity index (χ3n) is 2.32. The first-order valence-corrected chi connectivity index (χ1v) is 6.05. The molecule has 0 saturated heterocycles. The van der Waals surface area contributed by atoms with E-state index in [1.54, 1.807) is 12.1 Å². The van der Waals surface area contributed by atoms with Gasteiger partial charge in [-0.1, -0.05) is 6.07 Å². The molecule has 4 nitrogen and oxygen atoms in total. The van der Waals surface area contributed by atoms with Crippen LogP contribution in [-0.2, 0) is 0 Å². The highest BCUT2D eigenvalue weighted by Gasteiger charge is 2.05. The van der Waals surface area contributed by atoms with Crippen molar-refractivity contribution >= 4 is 21.8 Å². The molecule has 2 N–H and O–H groups in total. The first kappa shape index (κ1) is 12.6. The fraction of sp³-hybridized carbons (Fsp3) is 0.0769. The number of amides is 1. The van der Waals surface area contributed by atoms with Crippen LogP contribution in [0.15, 0.2) is 41.0 Å². The van der Waals surface area contributed by atoms with Gasteiger partial charge in [-0.25, -0.2) is 4.98 Å². The maximum absolute atomic E-state index is 10.9. The van der Waals surface area contributed by atoms with E-state index in [2.05, 4.69) is 20.9 Å². The number of primary amides is 1. The number of halogens is 1. The van der Waals surface area contributed by atoms with Crippen LogP contribution in [0.3, 0.4) is 0 Å². The van der Waals surface area contributed by atoms with Crippen molar-refractivity contribution in [1.29, 1.82) is 0 Å². The van der Waals surface area contributed by atoms with Gasteiger partial charge < -0.3 is 10.5 Å². The predicted molar refractivity (Wildman–Crippen MR) is 71.7 cm³/mol. The lowest BCUT2D eigenvalue weighted by Gasteiger charge is -2.07. The molecule has 0 spiro atoms. The number of benzene rings is 1. The van der Waals surface area contributed by atoms with Gasteiger partial charge in [-0.2, -0.15) is 0 Å². The highest BCUT2D eigenvalue weighted by atomic mass is 79.9. The molecule has 92 valence electrons. The maximum Gasteiger partial charge on any atom is 0.250 e. The first-order chi connectivity index (χ1) is 8.56. The van der Waals surface area contributed by atoms with Crippen molar-refractivity contribution in [2.45, 2.75) is 6.92 Å². The number of carbonyl (C=O) groups excluding carboxylic acids is 1. The fourth-order valence-corrected chi connectivity index (χ4v) is 1.96. The second-order valence-electron chi connectivity index (χ2n) is 3.79. The number of aryl methyl sites for hydroxylation is 1. The van der Waals surface area contributed by atoms with Crippen molar-refractivity contribution in [3.8, 4) is 11.6 Å². The van der Waals surface area contributed by atoms with Crippen molar-refractivity contribution in [3.63, 3.8) is 0 Å². The van der Waals surface area contributed by atoms with Crippen LogP contribution in [-0.4, -0.2) is 10.9 Å². The van der Waals surface area contributed by atoms with E-state index >= 15 is 0 Å². The zero-order chi connectivity index (χ0) is 13.1. The molecule has 2 aromatic rings. The Labute approximate surface area is 113 Å². The molecule has 0 unspecified atom stereocenters. The summed E-state index contributed by atoms with van der Waals surface area (Å²) in [6.07, 6.45) is 1.39. The second kappa shape index (κ2) is 5.18. The molecule has 0 bridgehead atoms. The lowest BCUT2D eigenvalue weighted by atomic mass is 10.2. The minimum Gasteiger partial charge on any atom is -0.438 e. The van der Waals surface area contributed by atoms with Gasteiger partial charge in [0.15, 0.2) is 0 Å². The molecule has 0 aliphatic heterocycles. The lowest BCUT2D eigenvalue weighted by molar-refractivity contribution is 0.1000. The molecule has 2 rings (SSSR count). The summed E-state index contributed by atoms with van der Waals surface area (Å²) in [5.41, 5.74) is 6.61. The SMILES string of the molecule is Cc1ccc(Oc2ccc(C(N)=O)cn2)c(Br)c1. The molecule has 1 amide bonds. The monoisotopic (exact) mass is 306 g/mol. The van der Waals surface area contributed by atoms with Gasteiger partial charge >= 0.3 is 0 Å². The number of aromatic nitrogens is 1. The van der Waals surface area contributed by atoms with Crippen LogP contribution >= 0.6 is 15.9 Å². The Morgan fingerprint density at radius 3 is 2.67 bits per heavy atom. The normalized spacial score (nSPS) is 10.1. The van der Waals surface area contributed by atoms with E-state index in [-0.39, 0.29) is 0 Å². The van der Waals surface area contributed by atoms with Crippen LogP contribution in [0, 0.1) is 6.92 Å². The van der Waals surface area contributed by atoms with Gasteiger partial charge in [0.2, 0.25) is 11.8 Å². The number of hydrogen-bond donors (Lipinski definition) is 1. The summed E-state index contributed by atoms with van der Waals surface area (Å²) >= 11 is 3.42. The summed E-state index contributed by atoms with van der Waals surface area (Å²) in [6.45, 7) is 1.99. The number of ether oxygens (including phenoxy) is 1. The molecule has 0 atom stereocenters. The van der Waals surface area contributed by atoms with Gasteiger partial charge in [0.1, 0.15) is 5.75 Å². The lowest BCUT2D eigenvalue weighted by Crippen LogP contribution is -2.10. The molecule has 0 saturated carbocycles. The Kier molecular flexibility index (Phi) is 3.62. The van der Waals surface area contributed by atoms with E-state index in [0.29, 0.717) is 17.2 Å². The van der Waals surface area contributed by atoms with Gasteiger partial charge in [0.25, 0.3) is 0 Å². The summed E-state index contributed by atoms with van der Waals surface area (Å²) in [5.74, 6) is 0.565. The summed E-state index contributed by atoms with van der Waals surface area (Å²) in [5, 5.41) is 0. The molecular formula is C13H11BrN2O2. The molecule has 0 radical (unpaired) electrons. The minimum absolute atomic E-state index is 0.352. The average molecular weight is 307 g/mol. The topological polar surface area (TPSA) is 65.2 Å². The van der Waals surface area contributed by atoms with Crippen molar-refractivity contribution in [1.82, 2.24) is 4.98 Å². The van der Waals surface area contributed by atoms with Crippen molar-refractivity contribution in [3.05, 3.63) is 52.1 Å². The number of nitrogens with zero attached hydrogens (tertiary/aromatic N) is 1. The van der Waals surface area contributed by atoms with Crippen LogP contribution in [0.1, 0.15) is 15.9 Å². The molecule has 18 heavy (non-hydrogen) atoms. The summed E-state index contributed by atoms with van der Waals surface area (Å²) in [4.78, 5) is 14.9. The van der Waals surface area contributed by atoms with E-state index in [1.165, 1.54) is 6.20 Å². The summed E-state index contributed by atoms with van der Waals surface area (Å²) in [6, 6.07) is 8.92. The third-order valence-corrected chi connectivity index (χ3v) is 2.94. The number of hydrogen-bond acceptors (Lipinski definition) is 3. The van der Waals surface area contributed by atoms with Crippen LogP contribution in [0.4, 0.5) is 0 Å². The zero-order valence-corrected chi connectivity index (χ0v) is 11.3. The largest absolute Gasteiger partial charge is 0.438 e. The Morgan fingerprint density at radius 1 is 1.33 bits per heavy atom. The Hall–Kier alpha value is -1.88. The number of rotatable bonds is 3. The molecule has 0 fully saturated rings. The quantitative estimate of drug-likeness (QED) is 0.948. The van der Waals surface area contributed by atoms with Gasteiger partial charge in [-0.3, -0.25) is 4.79 Å². The molecule has 1 aromatic heterocycles. The number of carbonyl (C=O) groups is 1. The zero-order valence-electron chi connectivity index (χ0n) is 9.68. The standard InChI is InChI=1S/C13H11BrN2O2/c1-8-2-4-11(10(14)6-8)18-12-5-3-9(7-16-12)13(15)17/h2-7H,1H3,(H2,15,17).